The van der Waals surface area contributed by atoms with E-state index in [9.17, 15) is 4.79 Å². The summed E-state index contributed by atoms with van der Waals surface area (Å²) in [6.45, 7) is 2.61. The lowest BCUT2D eigenvalue weighted by molar-refractivity contribution is -0.130. The molecule has 1 aliphatic heterocycles. The van der Waals surface area contributed by atoms with Gasteiger partial charge in [0.15, 0.2) is 11.6 Å². The number of amides is 1. The number of carbonyl (C=O) groups is 1. The first kappa shape index (κ1) is 16.2. The Kier molecular flexibility index (Phi) is 4.93. The van der Waals surface area contributed by atoms with Crippen LogP contribution in [0.1, 0.15) is 5.56 Å². The summed E-state index contributed by atoms with van der Waals surface area (Å²) in [4.78, 5) is 27.2. The maximum absolute atomic E-state index is 12.5. The van der Waals surface area contributed by atoms with Crippen LogP contribution >= 0.6 is 0 Å². The summed E-state index contributed by atoms with van der Waals surface area (Å²) in [5, 5.41) is 0. The summed E-state index contributed by atoms with van der Waals surface area (Å²) in [6, 6.07) is 10.3. The van der Waals surface area contributed by atoms with Gasteiger partial charge in [-0.2, -0.15) is 0 Å². The van der Waals surface area contributed by atoms with Crippen LogP contribution in [0.3, 0.4) is 0 Å². The molecule has 0 spiro atoms. The molecule has 6 heteroatoms. The summed E-state index contributed by atoms with van der Waals surface area (Å²) >= 11 is 0. The van der Waals surface area contributed by atoms with Crippen molar-refractivity contribution in [3.63, 3.8) is 0 Å². The van der Waals surface area contributed by atoms with Gasteiger partial charge in [-0.1, -0.05) is 30.3 Å². The van der Waals surface area contributed by atoms with E-state index in [-0.39, 0.29) is 5.91 Å². The van der Waals surface area contributed by atoms with Crippen molar-refractivity contribution in [2.24, 2.45) is 0 Å². The van der Waals surface area contributed by atoms with Gasteiger partial charge >= 0.3 is 0 Å². The SMILES string of the molecule is CN(C)c1nccnc1N1CCN(CCc2ccccc2)C(=O)C1. The molecule has 2 aromatic rings. The average Bonchev–Trinajstić information content (AvgIpc) is 2.61. The van der Waals surface area contributed by atoms with Crippen molar-refractivity contribution in [3.05, 3.63) is 48.3 Å². The van der Waals surface area contributed by atoms with Gasteiger partial charge in [0.25, 0.3) is 0 Å². The zero-order chi connectivity index (χ0) is 16.9. The van der Waals surface area contributed by atoms with E-state index in [1.807, 2.05) is 47.0 Å². The van der Waals surface area contributed by atoms with Crippen LogP contribution in [0.4, 0.5) is 11.6 Å². The van der Waals surface area contributed by atoms with Gasteiger partial charge < -0.3 is 14.7 Å². The average molecular weight is 325 g/mol. The number of piperazine rings is 1. The molecule has 24 heavy (non-hydrogen) atoms. The first-order valence-corrected chi connectivity index (χ1v) is 8.20. The Morgan fingerprint density at radius 3 is 2.54 bits per heavy atom. The third-order valence-corrected chi connectivity index (χ3v) is 4.22. The molecule has 0 saturated carbocycles. The van der Waals surface area contributed by atoms with Gasteiger partial charge in [-0.15, -0.1) is 0 Å². The van der Waals surface area contributed by atoms with Crippen molar-refractivity contribution in [1.29, 1.82) is 0 Å². The normalized spacial score (nSPS) is 14.8. The number of aromatic nitrogens is 2. The highest BCUT2D eigenvalue weighted by Crippen LogP contribution is 2.23. The molecule has 0 aliphatic carbocycles. The predicted octanol–water partition coefficient (Wildman–Crippen LogP) is 1.43. The monoisotopic (exact) mass is 325 g/mol. The molecule has 126 valence electrons. The number of hydrogen-bond acceptors (Lipinski definition) is 5. The highest BCUT2D eigenvalue weighted by molar-refractivity contribution is 5.83. The minimum atomic E-state index is 0.146. The minimum absolute atomic E-state index is 0.146. The van der Waals surface area contributed by atoms with Crippen molar-refractivity contribution in [3.8, 4) is 0 Å². The van der Waals surface area contributed by atoms with E-state index in [1.54, 1.807) is 12.4 Å². The van der Waals surface area contributed by atoms with Gasteiger partial charge in [0.1, 0.15) is 0 Å². The standard InChI is InChI=1S/C18H23N5O/c1-21(2)17-18(20-10-9-19-17)23-13-12-22(16(24)14-23)11-8-15-6-4-3-5-7-15/h3-7,9-10H,8,11-14H2,1-2H3. The van der Waals surface area contributed by atoms with Gasteiger partial charge in [-0.25, -0.2) is 9.97 Å². The smallest absolute Gasteiger partial charge is 0.242 e. The van der Waals surface area contributed by atoms with Gasteiger partial charge in [0.05, 0.1) is 6.54 Å². The summed E-state index contributed by atoms with van der Waals surface area (Å²) in [5.74, 6) is 1.72. The molecular weight excluding hydrogens is 302 g/mol. The lowest BCUT2D eigenvalue weighted by Crippen LogP contribution is -2.51. The van der Waals surface area contributed by atoms with E-state index in [4.69, 9.17) is 0 Å². The Balaban J connectivity index is 1.62. The summed E-state index contributed by atoms with van der Waals surface area (Å²) in [7, 11) is 3.87. The Morgan fingerprint density at radius 2 is 1.83 bits per heavy atom. The van der Waals surface area contributed by atoms with Gasteiger partial charge in [0, 0.05) is 46.1 Å². The summed E-state index contributed by atoms with van der Waals surface area (Å²) < 4.78 is 0. The third-order valence-electron chi connectivity index (χ3n) is 4.22. The third kappa shape index (κ3) is 3.64. The van der Waals surface area contributed by atoms with Crippen LogP contribution in [0.25, 0.3) is 0 Å². The minimum Gasteiger partial charge on any atom is -0.360 e. The van der Waals surface area contributed by atoms with E-state index < -0.39 is 0 Å². The van der Waals surface area contributed by atoms with E-state index in [2.05, 4.69) is 22.1 Å². The molecule has 1 aromatic carbocycles. The van der Waals surface area contributed by atoms with Crippen molar-refractivity contribution in [2.45, 2.75) is 6.42 Å². The summed E-state index contributed by atoms with van der Waals surface area (Å²) in [5.41, 5.74) is 1.26. The first-order chi connectivity index (χ1) is 11.6. The highest BCUT2D eigenvalue weighted by atomic mass is 16.2. The topological polar surface area (TPSA) is 52.6 Å². The highest BCUT2D eigenvalue weighted by Gasteiger charge is 2.26. The molecule has 1 aromatic heterocycles. The van der Waals surface area contributed by atoms with Crippen LogP contribution in [-0.2, 0) is 11.2 Å². The zero-order valence-electron chi connectivity index (χ0n) is 14.2. The second kappa shape index (κ2) is 7.29. The van der Waals surface area contributed by atoms with Crippen LogP contribution in [0.2, 0.25) is 0 Å². The fourth-order valence-corrected chi connectivity index (χ4v) is 2.90. The number of rotatable bonds is 5. The molecule has 3 rings (SSSR count). The molecule has 0 unspecified atom stereocenters. The molecule has 0 radical (unpaired) electrons. The number of anilines is 2. The maximum atomic E-state index is 12.5. The van der Waals surface area contributed by atoms with Crippen LogP contribution < -0.4 is 9.80 Å². The van der Waals surface area contributed by atoms with Crippen LogP contribution in [-0.4, -0.2) is 61.0 Å². The lowest BCUT2D eigenvalue weighted by Gasteiger charge is -2.36. The van der Waals surface area contributed by atoms with Gasteiger partial charge in [0.2, 0.25) is 5.91 Å². The Labute approximate surface area is 142 Å². The number of nitrogens with zero attached hydrogens (tertiary/aromatic N) is 5. The fourth-order valence-electron chi connectivity index (χ4n) is 2.90. The summed E-state index contributed by atoms with van der Waals surface area (Å²) in [6.07, 6.45) is 4.24. The van der Waals surface area contributed by atoms with Crippen LogP contribution in [0.5, 0.6) is 0 Å². The molecule has 0 N–H and O–H groups in total. The van der Waals surface area contributed by atoms with E-state index in [0.717, 1.165) is 37.7 Å². The number of benzene rings is 1. The quantitative estimate of drug-likeness (QED) is 0.832. The molecular formula is C18H23N5O. The van der Waals surface area contributed by atoms with Crippen molar-refractivity contribution in [1.82, 2.24) is 14.9 Å². The van der Waals surface area contributed by atoms with Crippen molar-refractivity contribution in [2.75, 3.05) is 50.1 Å². The number of hydrogen-bond donors (Lipinski definition) is 0. The maximum Gasteiger partial charge on any atom is 0.242 e. The van der Waals surface area contributed by atoms with Gasteiger partial charge in [-0.3, -0.25) is 4.79 Å². The zero-order valence-corrected chi connectivity index (χ0v) is 14.2. The Morgan fingerprint density at radius 1 is 1.08 bits per heavy atom. The molecule has 1 fully saturated rings. The molecule has 1 amide bonds. The lowest BCUT2D eigenvalue weighted by atomic mass is 10.1. The first-order valence-electron chi connectivity index (χ1n) is 8.20. The second-order valence-electron chi connectivity index (χ2n) is 6.14. The fraction of sp³-hybridized carbons (Fsp3) is 0.389. The van der Waals surface area contributed by atoms with E-state index in [0.29, 0.717) is 6.54 Å². The van der Waals surface area contributed by atoms with E-state index in [1.165, 1.54) is 5.56 Å². The molecule has 0 bridgehead atoms. The van der Waals surface area contributed by atoms with Crippen molar-refractivity contribution >= 4 is 17.5 Å². The van der Waals surface area contributed by atoms with Crippen LogP contribution in [0.15, 0.2) is 42.7 Å². The van der Waals surface area contributed by atoms with Crippen LogP contribution in [0, 0.1) is 0 Å². The van der Waals surface area contributed by atoms with Crippen molar-refractivity contribution < 1.29 is 4.79 Å². The molecule has 0 atom stereocenters. The molecule has 6 nitrogen and oxygen atoms in total. The molecule has 1 aliphatic rings. The molecule has 1 saturated heterocycles. The largest absolute Gasteiger partial charge is 0.360 e. The molecule has 2 heterocycles. The Bertz CT molecular complexity index is 689. The van der Waals surface area contributed by atoms with Gasteiger partial charge in [-0.05, 0) is 12.0 Å². The Hall–Kier alpha value is -2.63. The predicted molar refractivity (Wildman–Crippen MR) is 95.3 cm³/mol. The van der Waals surface area contributed by atoms with E-state index >= 15 is 0 Å². The second-order valence-corrected chi connectivity index (χ2v) is 6.14. The number of carbonyl (C=O) groups excluding carboxylic acids is 1.